The predicted octanol–water partition coefficient (Wildman–Crippen LogP) is 0.0491. The lowest BCUT2D eigenvalue weighted by Crippen LogP contribution is -1.78. The molecule has 0 atom stereocenters. The van der Waals surface area contributed by atoms with E-state index in [-0.39, 0.29) is 6.61 Å². The summed E-state index contributed by atoms with van der Waals surface area (Å²) in [5.41, 5.74) is 0. The molecule has 0 spiro atoms. The third kappa shape index (κ3) is 3.43. The van der Waals surface area contributed by atoms with Gasteiger partial charge in [-0.05, 0) is 0 Å². The minimum Gasteiger partial charge on any atom is -0.399 e. The van der Waals surface area contributed by atoms with E-state index in [4.69, 9.17) is 0 Å². The zero-order chi connectivity index (χ0) is 4.83. The highest BCUT2D eigenvalue weighted by atomic mass is 16.6. The van der Waals surface area contributed by atoms with Crippen molar-refractivity contribution in [2.75, 3.05) is 13.7 Å². The fourth-order valence-electron chi connectivity index (χ4n) is 0.105. The molecule has 0 saturated carbocycles. The molecule has 0 amide bonds. The molecule has 0 aromatic carbocycles. The summed E-state index contributed by atoms with van der Waals surface area (Å²) in [4.78, 5) is 4.15. The van der Waals surface area contributed by atoms with E-state index in [1.54, 1.807) is 0 Å². The van der Waals surface area contributed by atoms with E-state index in [0.717, 1.165) is 6.21 Å². The average molecular weight is 88.1 g/mol. The Morgan fingerprint density at radius 1 is 2.00 bits per heavy atom. The molecule has 6 heavy (non-hydrogen) atoms. The fourth-order valence-corrected chi connectivity index (χ4v) is 0.105. The molecule has 0 rings (SSSR count). The molecule has 0 aromatic rings. The SMILES string of the molecule is CO/N=C/C[O]. The molecule has 0 saturated heterocycles. The van der Waals surface area contributed by atoms with Gasteiger partial charge < -0.3 is 4.84 Å². The maximum atomic E-state index is 9.46. The second-order valence-electron chi connectivity index (χ2n) is 0.637. The lowest BCUT2D eigenvalue weighted by atomic mass is 10.8. The van der Waals surface area contributed by atoms with Gasteiger partial charge in [-0.1, -0.05) is 5.16 Å². The van der Waals surface area contributed by atoms with Crippen molar-refractivity contribution in [1.82, 2.24) is 0 Å². The van der Waals surface area contributed by atoms with Crippen LogP contribution in [0.2, 0.25) is 0 Å². The topological polar surface area (TPSA) is 41.5 Å². The summed E-state index contributed by atoms with van der Waals surface area (Å²) in [6.07, 6.45) is 1.15. The van der Waals surface area contributed by atoms with Crippen LogP contribution in [0.25, 0.3) is 0 Å². The van der Waals surface area contributed by atoms with Gasteiger partial charge in [-0.15, -0.1) is 0 Å². The minimum absolute atomic E-state index is 0.312. The van der Waals surface area contributed by atoms with Crippen LogP contribution < -0.4 is 0 Å². The lowest BCUT2D eigenvalue weighted by Gasteiger charge is -1.77. The summed E-state index contributed by atoms with van der Waals surface area (Å²) in [5, 5.41) is 12.6. The first-order valence-corrected chi connectivity index (χ1v) is 1.55. The summed E-state index contributed by atoms with van der Waals surface area (Å²) in [5.74, 6) is 0. The Kier molecular flexibility index (Phi) is 4.01. The number of oxime groups is 1. The third-order valence-corrected chi connectivity index (χ3v) is 0.254. The molecule has 0 unspecified atom stereocenters. The van der Waals surface area contributed by atoms with Crippen molar-refractivity contribution in [3.05, 3.63) is 0 Å². The van der Waals surface area contributed by atoms with Gasteiger partial charge in [0.25, 0.3) is 0 Å². The van der Waals surface area contributed by atoms with Gasteiger partial charge in [0.1, 0.15) is 13.7 Å². The first-order chi connectivity index (χ1) is 2.91. The third-order valence-electron chi connectivity index (χ3n) is 0.254. The molecule has 0 aliphatic carbocycles. The van der Waals surface area contributed by atoms with Gasteiger partial charge in [-0.2, -0.15) is 0 Å². The summed E-state index contributed by atoms with van der Waals surface area (Å²) >= 11 is 0. The van der Waals surface area contributed by atoms with Crippen LogP contribution in [0.15, 0.2) is 5.16 Å². The quantitative estimate of drug-likeness (QED) is 0.347. The van der Waals surface area contributed by atoms with Crippen molar-refractivity contribution in [3.63, 3.8) is 0 Å². The molecule has 35 valence electrons. The Bertz CT molecular complexity index is 38.1. The Balaban J connectivity index is 2.73. The highest BCUT2D eigenvalue weighted by Gasteiger charge is 1.62. The van der Waals surface area contributed by atoms with Crippen molar-refractivity contribution in [3.8, 4) is 0 Å². The molecule has 3 heteroatoms. The summed E-state index contributed by atoms with van der Waals surface area (Å²) in [6, 6.07) is 0. The van der Waals surface area contributed by atoms with Crippen molar-refractivity contribution in [2.45, 2.75) is 0 Å². The van der Waals surface area contributed by atoms with E-state index in [2.05, 4.69) is 9.99 Å². The number of nitrogens with zero attached hydrogens (tertiary/aromatic N) is 1. The molecule has 0 heterocycles. The average Bonchev–Trinajstić information content (AvgIpc) is 1.61. The van der Waals surface area contributed by atoms with E-state index in [1.165, 1.54) is 7.11 Å². The van der Waals surface area contributed by atoms with E-state index < -0.39 is 0 Å². The van der Waals surface area contributed by atoms with E-state index in [0.29, 0.717) is 0 Å². The van der Waals surface area contributed by atoms with E-state index in [1.807, 2.05) is 0 Å². The zero-order valence-electron chi connectivity index (χ0n) is 3.55. The van der Waals surface area contributed by atoms with Crippen LogP contribution in [-0.2, 0) is 9.94 Å². The van der Waals surface area contributed by atoms with E-state index >= 15 is 0 Å². The summed E-state index contributed by atoms with van der Waals surface area (Å²) < 4.78 is 0. The smallest absolute Gasteiger partial charge is 0.121 e. The van der Waals surface area contributed by atoms with Crippen LogP contribution in [0.5, 0.6) is 0 Å². The standard InChI is InChI=1S/C3H6NO2/c1-6-4-2-3-5/h2H,3H2,1H3/b4-2+. The van der Waals surface area contributed by atoms with Gasteiger partial charge in [-0.3, -0.25) is 0 Å². The van der Waals surface area contributed by atoms with Crippen molar-refractivity contribution < 1.29 is 9.94 Å². The molecule has 0 aliphatic rings. The zero-order valence-corrected chi connectivity index (χ0v) is 3.55. The van der Waals surface area contributed by atoms with Crippen molar-refractivity contribution >= 4 is 6.21 Å². The Morgan fingerprint density at radius 3 is 2.83 bits per heavy atom. The van der Waals surface area contributed by atoms with Gasteiger partial charge in [0.15, 0.2) is 0 Å². The molecule has 0 N–H and O–H groups in total. The first-order valence-electron chi connectivity index (χ1n) is 1.55. The van der Waals surface area contributed by atoms with Crippen LogP contribution in [0, 0.1) is 0 Å². The minimum atomic E-state index is -0.312. The van der Waals surface area contributed by atoms with Crippen LogP contribution in [0.3, 0.4) is 0 Å². The first kappa shape index (κ1) is 5.43. The second-order valence-corrected chi connectivity index (χ2v) is 0.637. The molecular formula is C3H6NO2. The molecule has 0 aromatic heterocycles. The molecular weight excluding hydrogens is 82.0 g/mol. The van der Waals surface area contributed by atoms with Gasteiger partial charge in [0, 0.05) is 0 Å². The lowest BCUT2D eigenvalue weighted by molar-refractivity contribution is 0.203. The molecule has 0 fully saturated rings. The molecule has 3 nitrogen and oxygen atoms in total. The number of rotatable bonds is 2. The largest absolute Gasteiger partial charge is 0.399 e. The Labute approximate surface area is 36.2 Å². The van der Waals surface area contributed by atoms with Crippen LogP contribution in [0.4, 0.5) is 0 Å². The predicted molar refractivity (Wildman–Crippen MR) is 21.1 cm³/mol. The summed E-state index contributed by atoms with van der Waals surface area (Å²) in [7, 11) is 1.40. The summed E-state index contributed by atoms with van der Waals surface area (Å²) in [6.45, 7) is -0.312. The maximum absolute atomic E-state index is 9.46. The van der Waals surface area contributed by atoms with Crippen LogP contribution >= 0.6 is 0 Å². The monoisotopic (exact) mass is 88.0 g/mol. The maximum Gasteiger partial charge on any atom is 0.121 e. The Hall–Kier alpha value is -0.570. The Morgan fingerprint density at radius 2 is 2.67 bits per heavy atom. The van der Waals surface area contributed by atoms with Crippen molar-refractivity contribution in [1.29, 1.82) is 0 Å². The molecule has 1 radical (unpaired) electrons. The van der Waals surface area contributed by atoms with Gasteiger partial charge in [-0.25, -0.2) is 5.11 Å². The number of hydrogen-bond acceptors (Lipinski definition) is 2. The normalized spacial score (nSPS) is 9.67. The number of hydrogen-bond donors (Lipinski definition) is 0. The second kappa shape index (κ2) is 4.43. The van der Waals surface area contributed by atoms with Crippen LogP contribution in [0.1, 0.15) is 0 Å². The fraction of sp³-hybridized carbons (Fsp3) is 0.667. The highest BCUT2D eigenvalue weighted by molar-refractivity contribution is 5.56. The molecule has 0 aliphatic heterocycles. The highest BCUT2D eigenvalue weighted by Crippen LogP contribution is 1.59. The van der Waals surface area contributed by atoms with Gasteiger partial charge in [0.2, 0.25) is 0 Å². The van der Waals surface area contributed by atoms with Gasteiger partial charge in [0.05, 0.1) is 6.21 Å². The van der Waals surface area contributed by atoms with Crippen LogP contribution in [-0.4, -0.2) is 19.9 Å². The van der Waals surface area contributed by atoms with Crippen molar-refractivity contribution in [2.24, 2.45) is 5.16 Å². The van der Waals surface area contributed by atoms with Gasteiger partial charge >= 0.3 is 0 Å². The molecule has 0 bridgehead atoms. The van der Waals surface area contributed by atoms with E-state index in [9.17, 15) is 5.11 Å².